The second-order valence-electron chi connectivity index (χ2n) is 33.7. The molecule has 4 amide bonds. The van der Waals surface area contributed by atoms with E-state index in [2.05, 4.69) is 74.9 Å². The van der Waals surface area contributed by atoms with Crippen molar-refractivity contribution in [1.29, 1.82) is 0 Å². The summed E-state index contributed by atoms with van der Waals surface area (Å²) in [6.07, 6.45) is 21.4. The van der Waals surface area contributed by atoms with Crippen molar-refractivity contribution in [2.24, 2.45) is 39.9 Å². The van der Waals surface area contributed by atoms with Gasteiger partial charge in [-0.2, -0.15) is 7.11 Å². The Hall–Kier alpha value is -8.63. The molecule has 5 heterocycles. The quantitative estimate of drug-likeness (QED) is 0.0659. The molecule has 17 nitrogen and oxygen atoms in total. The second-order valence-corrected chi connectivity index (χ2v) is 33.7. The Kier molecular flexibility index (Phi) is 22.7. The van der Waals surface area contributed by atoms with Crippen LogP contribution in [0.1, 0.15) is 170 Å². The van der Waals surface area contributed by atoms with Gasteiger partial charge in [-0.1, -0.05) is 158 Å². The van der Waals surface area contributed by atoms with Gasteiger partial charge in [-0.25, -0.2) is 19.7 Å². The number of aromatic nitrogens is 1. The molecule has 7 saturated carbocycles. The van der Waals surface area contributed by atoms with Crippen LogP contribution in [0.25, 0.3) is 14.5 Å². The maximum Gasteiger partial charge on any atom is 1.00 e. The molecule has 8 aliphatic carbocycles. The Morgan fingerprint density at radius 3 is 0.907 bits per heavy atom. The van der Waals surface area contributed by atoms with Crippen LogP contribution in [0.3, 0.4) is 0 Å². The van der Waals surface area contributed by atoms with Crippen LogP contribution in [0.4, 0.5) is 0 Å². The molecule has 0 spiro atoms. The van der Waals surface area contributed by atoms with Crippen LogP contribution in [-0.4, -0.2) is 143 Å². The zero-order chi connectivity index (χ0) is 77.5. The molecule has 1 aromatic heterocycles. The van der Waals surface area contributed by atoms with E-state index in [1.54, 1.807) is 6.20 Å². The number of ketones is 3. The summed E-state index contributed by atoms with van der Waals surface area (Å²) < 4.78 is 15.6. The van der Waals surface area contributed by atoms with Crippen LogP contribution in [0, 0.1) is 59.6 Å². The van der Waals surface area contributed by atoms with Gasteiger partial charge in [-0.15, -0.1) is 0 Å². The maximum atomic E-state index is 13.9. The summed E-state index contributed by atoms with van der Waals surface area (Å²) >= 11 is 0. The summed E-state index contributed by atoms with van der Waals surface area (Å²) in [7, 11) is 0.750. The molecule has 560 valence electrons. The van der Waals surface area contributed by atoms with Gasteiger partial charge in [-0.05, 0) is 181 Å². The van der Waals surface area contributed by atoms with E-state index in [4.69, 9.17) is 32.3 Å². The van der Waals surface area contributed by atoms with Gasteiger partial charge in [0.1, 0.15) is 27.4 Å². The van der Waals surface area contributed by atoms with E-state index >= 15 is 0 Å². The predicted octanol–water partition coefficient (Wildman–Crippen LogP) is 10.7. The number of benzene rings is 4. The average Bonchev–Trinajstić information content (AvgIpc) is 1.61. The van der Waals surface area contributed by atoms with Crippen molar-refractivity contribution in [1.82, 2.24) is 24.8 Å². The summed E-state index contributed by atoms with van der Waals surface area (Å²) in [5.74, 6) is 3.68. The van der Waals surface area contributed by atoms with Crippen LogP contribution in [-0.2, 0) is 67.1 Å². The summed E-state index contributed by atoms with van der Waals surface area (Å²) in [6.45, 7) is 43.9. The van der Waals surface area contributed by atoms with Gasteiger partial charge in [0, 0.05) is 66.3 Å². The molecule has 108 heavy (non-hydrogen) atoms. The SMILES string of the molecule is C.CC1(C)C2=CCN(CC3CC3)C(=O)C2(c2ccccc2)Cc2cnoc21.C[O-].[2H][2H].[C-]#[N+]C1CC2(c3ccccc3)C(=O)N(CC3CC3)CC=C2C(C)(C)C1=O.[C-]#[N+]C1C[C@@]2(c3ccccc3)C(=O)N(CC3CC3)CC=C2C(C)(C)C1=O.[C-]#[N+]C1C[C@]2(c3ccccc3)C(=O)N(CC3CC3)CC=C2C(C)(C)C1=O.[Na+]. The molecule has 0 N–H and O–H groups in total. The smallest absolute Gasteiger partial charge is 0.857 e. The van der Waals surface area contributed by atoms with Crippen LogP contribution in [0.15, 0.2) is 179 Å². The first-order valence-corrected chi connectivity index (χ1v) is 38.1. The van der Waals surface area contributed by atoms with Gasteiger partial charge in [-0.3, -0.25) is 33.6 Å². The van der Waals surface area contributed by atoms with E-state index < -0.39 is 56.0 Å². The number of Topliss-reactive ketones (excluding diaryl/α,β-unsaturated/α-hetero) is 3. The maximum absolute atomic E-state index is 13.9. The number of carbonyl (C=O) groups is 7. The molecule has 7 atom stereocenters. The van der Waals surface area contributed by atoms with E-state index in [0.717, 1.165) is 89.2 Å². The fourth-order valence-electron chi connectivity index (χ4n) is 19.3. The number of amides is 4. The summed E-state index contributed by atoms with van der Waals surface area (Å²) in [6, 6.07) is 37.2. The van der Waals surface area contributed by atoms with Gasteiger partial charge in [0.05, 0.1) is 41.7 Å². The first-order valence-electron chi connectivity index (χ1n) is 39.1. The van der Waals surface area contributed by atoms with E-state index in [9.17, 15) is 33.6 Å². The Labute approximate surface area is 663 Å². The summed E-state index contributed by atoms with van der Waals surface area (Å²) in [5.41, 5.74) is 2.63. The van der Waals surface area contributed by atoms with Crippen LogP contribution in [0.5, 0.6) is 0 Å². The van der Waals surface area contributed by atoms with Crippen molar-refractivity contribution in [3.05, 3.63) is 242 Å². The van der Waals surface area contributed by atoms with E-state index in [1.165, 1.54) is 51.4 Å². The van der Waals surface area contributed by atoms with Crippen molar-refractivity contribution >= 4 is 41.0 Å². The molecule has 17 rings (SSSR count). The number of fused-ring (bicyclic) bond motifs is 5. The van der Waals surface area contributed by atoms with E-state index in [1.807, 2.05) is 165 Å². The summed E-state index contributed by atoms with van der Waals surface area (Å²) in [5, 5.41) is 12.3. The molecule has 18 heteroatoms. The standard InChI is InChI=1S/4C22H24N2O2.CH3O.CH4.Na.H2/c1-21(2)18-10-11-24(14-15-8-9-15)20(25)22(18,17-6-4-3-5-7-17)12-16-13-23-26-19(16)21;3*1-21(2)18-11-12-24(14-15-9-10-15)20(26)22(18,13-17(23-3)19(21)25)16-7-5-4-6-8-16;1-2;;;/h3-7,10,13,15H,8-9,11-12,14H2,1-2H3;3*4-8,11,15,17H,9-10,12-14H2,1-2H3;1H3;1H4;;1H/q;;;;-1;;+1;/t;2*17?,22-;;;;;/m.10...../s1/i;;;;;;;1+1D. The van der Waals surface area contributed by atoms with Crippen molar-refractivity contribution in [3.8, 4) is 0 Å². The molecule has 5 unspecified atom stereocenters. The molecule has 0 radical (unpaired) electrons. The molecule has 7 fully saturated rings. The number of rotatable bonds is 12. The van der Waals surface area contributed by atoms with Crippen molar-refractivity contribution in [2.45, 2.75) is 185 Å². The predicted molar refractivity (Wildman–Crippen MR) is 411 cm³/mol. The Morgan fingerprint density at radius 2 is 0.657 bits per heavy atom. The molecule has 5 aromatic rings. The fraction of sp³-hybridized carbons (Fsp3) is 0.500. The molecular weight excluding hydrogens is 1360 g/mol. The van der Waals surface area contributed by atoms with Gasteiger partial charge in [0.15, 0.2) is 0 Å². The minimum Gasteiger partial charge on any atom is -0.857 e. The average molecular weight is 1470 g/mol. The zero-order valence-electron chi connectivity index (χ0n) is 65.9. The van der Waals surface area contributed by atoms with E-state index in [-0.39, 0.29) is 103 Å². The van der Waals surface area contributed by atoms with E-state index in [0.29, 0.717) is 56.3 Å². The molecule has 4 aliphatic heterocycles. The third kappa shape index (κ3) is 13.9. The molecule has 0 saturated heterocycles. The van der Waals surface area contributed by atoms with Crippen LogP contribution >= 0.6 is 0 Å². The van der Waals surface area contributed by atoms with Gasteiger partial charge in [0.2, 0.25) is 41.0 Å². The number of carbonyl (C=O) groups excluding carboxylic acids is 7. The number of hydrogen-bond donors (Lipinski definition) is 0. The Balaban J connectivity index is 0.000000153. The third-order valence-electron chi connectivity index (χ3n) is 25.4. The van der Waals surface area contributed by atoms with Crippen molar-refractivity contribution < 1.29 is 75.7 Å². The molecule has 4 aromatic carbocycles. The molecule has 12 aliphatic rings. The number of hydrogen-bond acceptors (Lipinski definition) is 10. The monoisotopic (exact) mass is 1470 g/mol. The normalized spacial score (nSPS) is 28.6. The first kappa shape index (κ1) is 78.9. The van der Waals surface area contributed by atoms with Gasteiger partial charge in [0.25, 0.3) is 18.1 Å². The fourth-order valence-corrected chi connectivity index (χ4v) is 19.3. The van der Waals surface area contributed by atoms with Crippen molar-refractivity contribution in [3.63, 3.8) is 0 Å². The minimum atomic E-state index is -0.888. The van der Waals surface area contributed by atoms with Crippen LogP contribution in [0.2, 0.25) is 0 Å². The Morgan fingerprint density at radius 1 is 0.417 bits per heavy atom. The topological polar surface area (TPSA) is 195 Å². The number of nitrogens with zero attached hydrogens (tertiary/aromatic N) is 8. The van der Waals surface area contributed by atoms with Gasteiger partial charge >= 0.3 is 29.6 Å². The van der Waals surface area contributed by atoms with Crippen molar-refractivity contribution in [2.75, 3.05) is 59.5 Å². The first-order chi connectivity index (χ1) is 51.8. The van der Waals surface area contributed by atoms with Gasteiger partial charge < -0.3 is 43.8 Å². The largest absolute Gasteiger partial charge is 1.00 e. The zero-order valence-corrected chi connectivity index (χ0v) is 65.9. The third-order valence-corrected chi connectivity index (χ3v) is 25.4. The molecular formula is C90H105N8NaO9. The Bertz CT molecular complexity index is 4220. The molecule has 0 bridgehead atoms. The minimum absolute atomic E-state index is 0. The second kappa shape index (κ2) is 31.0. The van der Waals surface area contributed by atoms with Crippen LogP contribution < -0.4 is 34.7 Å². The summed E-state index contributed by atoms with van der Waals surface area (Å²) in [4.78, 5) is 113.